The molecule has 0 aromatic heterocycles. The summed E-state index contributed by atoms with van der Waals surface area (Å²) in [5.74, 6) is 2.25. The van der Waals surface area contributed by atoms with E-state index < -0.39 is 0 Å². The lowest BCUT2D eigenvalue weighted by Gasteiger charge is -2.15. The highest BCUT2D eigenvalue weighted by Crippen LogP contribution is 2.39. The van der Waals surface area contributed by atoms with E-state index >= 15 is 0 Å². The molecule has 8 heteroatoms. The maximum atomic E-state index is 12.6. The zero-order valence-electron chi connectivity index (χ0n) is 20.9. The van der Waals surface area contributed by atoms with Gasteiger partial charge in [-0.15, -0.1) is 6.58 Å². The quantitative estimate of drug-likeness (QED) is 0.112. The molecular formula is C28H32ClNO4S2. The van der Waals surface area contributed by atoms with Crippen LogP contribution in [0.15, 0.2) is 54.0 Å². The number of hydrogen-bond acceptors (Lipinski definition) is 6. The molecule has 0 bridgehead atoms. The Bertz CT molecular complexity index is 1120. The van der Waals surface area contributed by atoms with E-state index in [4.69, 9.17) is 38.0 Å². The molecule has 0 unspecified atom stereocenters. The number of amides is 1. The first kappa shape index (κ1) is 28.1. The Morgan fingerprint density at radius 1 is 1.14 bits per heavy atom. The van der Waals surface area contributed by atoms with Gasteiger partial charge in [0.15, 0.2) is 11.5 Å². The minimum absolute atomic E-state index is 0.145. The number of carbonyl (C=O) groups is 1. The van der Waals surface area contributed by atoms with Crippen LogP contribution >= 0.6 is 35.6 Å². The lowest BCUT2D eigenvalue weighted by molar-refractivity contribution is -0.121. The molecule has 2 aromatic rings. The van der Waals surface area contributed by atoms with Gasteiger partial charge >= 0.3 is 0 Å². The SMILES string of the molecule is C=CCN1C(=O)/C(=C\c2cc(Cl)c(OCCCOc3ccc([C@H](C)CC)cc3)c(OCC)c2)SC1=S. The molecule has 1 heterocycles. The van der Waals surface area contributed by atoms with E-state index in [0.29, 0.717) is 64.5 Å². The molecule has 1 saturated heterocycles. The molecule has 1 atom stereocenters. The van der Waals surface area contributed by atoms with Crippen molar-refractivity contribution in [1.82, 2.24) is 4.90 Å². The number of halogens is 1. The molecule has 0 radical (unpaired) electrons. The molecule has 1 fully saturated rings. The Balaban J connectivity index is 1.60. The van der Waals surface area contributed by atoms with Gasteiger partial charge in [-0.1, -0.05) is 67.6 Å². The normalized spacial score (nSPS) is 15.3. The van der Waals surface area contributed by atoms with Crippen molar-refractivity contribution in [2.24, 2.45) is 0 Å². The summed E-state index contributed by atoms with van der Waals surface area (Å²) in [6.45, 7) is 11.8. The maximum Gasteiger partial charge on any atom is 0.266 e. The van der Waals surface area contributed by atoms with Gasteiger partial charge in [0.25, 0.3) is 5.91 Å². The van der Waals surface area contributed by atoms with Crippen molar-refractivity contribution in [1.29, 1.82) is 0 Å². The fraction of sp³-hybridized carbons (Fsp3) is 0.357. The number of ether oxygens (including phenoxy) is 3. The third-order valence-corrected chi connectivity index (χ3v) is 7.34. The molecule has 0 aliphatic carbocycles. The smallest absolute Gasteiger partial charge is 0.266 e. The van der Waals surface area contributed by atoms with E-state index in [1.165, 1.54) is 22.2 Å². The molecule has 5 nitrogen and oxygen atoms in total. The second kappa shape index (κ2) is 13.7. The lowest BCUT2D eigenvalue weighted by atomic mass is 9.99. The zero-order chi connectivity index (χ0) is 26.1. The van der Waals surface area contributed by atoms with E-state index in [2.05, 4.69) is 32.6 Å². The number of thioether (sulfide) groups is 1. The van der Waals surface area contributed by atoms with Gasteiger partial charge in [-0.2, -0.15) is 0 Å². The molecule has 0 spiro atoms. The number of nitrogens with zero attached hydrogens (tertiary/aromatic N) is 1. The fourth-order valence-corrected chi connectivity index (χ4v) is 5.11. The van der Waals surface area contributed by atoms with Crippen LogP contribution in [0, 0.1) is 0 Å². The maximum absolute atomic E-state index is 12.6. The van der Waals surface area contributed by atoms with Crippen molar-refractivity contribution in [3.05, 3.63) is 70.1 Å². The van der Waals surface area contributed by atoms with E-state index in [0.717, 1.165) is 17.7 Å². The lowest BCUT2D eigenvalue weighted by Crippen LogP contribution is -2.27. The van der Waals surface area contributed by atoms with Gasteiger partial charge in [-0.3, -0.25) is 9.69 Å². The highest BCUT2D eigenvalue weighted by molar-refractivity contribution is 8.26. The van der Waals surface area contributed by atoms with Crippen molar-refractivity contribution >= 4 is 51.9 Å². The van der Waals surface area contributed by atoms with Crippen LogP contribution in [0.25, 0.3) is 6.08 Å². The second-order valence-corrected chi connectivity index (χ2v) is 10.4. The third kappa shape index (κ3) is 7.28. The van der Waals surface area contributed by atoms with Gasteiger partial charge in [0.1, 0.15) is 10.1 Å². The fourth-order valence-electron chi connectivity index (χ4n) is 3.56. The second-order valence-electron chi connectivity index (χ2n) is 8.27. The summed E-state index contributed by atoms with van der Waals surface area (Å²) in [5.41, 5.74) is 2.05. The summed E-state index contributed by atoms with van der Waals surface area (Å²) in [5, 5.41) is 0.412. The first-order valence-corrected chi connectivity index (χ1v) is 13.7. The summed E-state index contributed by atoms with van der Waals surface area (Å²) in [4.78, 5) is 14.7. The minimum Gasteiger partial charge on any atom is -0.493 e. The summed E-state index contributed by atoms with van der Waals surface area (Å²) in [6.07, 6.45) is 5.21. The summed E-state index contributed by atoms with van der Waals surface area (Å²) in [6, 6.07) is 11.8. The molecular weight excluding hydrogens is 514 g/mol. The Morgan fingerprint density at radius 3 is 2.53 bits per heavy atom. The van der Waals surface area contributed by atoms with Crippen molar-refractivity contribution in [3.8, 4) is 17.2 Å². The standard InChI is InChI=1S/C28H32ClNO4S2/c1-5-13-30-27(31)25(36-28(30)35)18-20-16-23(29)26(24(17-20)32-7-3)34-15-8-14-33-22-11-9-21(10-12-22)19(4)6-2/h5,9-12,16-19H,1,6-8,13-15H2,2-4H3/b25-18+/t19-/m1/s1. The van der Waals surface area contributed by atoms with Gasteiger partial charge in [0.2, 0.25) is 0 Å². The van der Waals surface area contributed by atoms with Gasteiger partial charge < -0.3 is 14.2 Å². The molecule has 3 rings (SSSR count). The number of rotatable bonds is 13. The minimum atomic E-state index is -0.145. The van der Waals surface area contributed by atoms with Gasteiger partial charge in [0.05, 0.1) is 29.7 Å². The Labute approximate surface area is 228 Å². The Morgan fingerprint density at radius 2 is 1.86 bits per heavy atom. The van der Waals surface area contributed by atoms with Gasteiger partial charge in [0, 0.05) is 13.0 Å². The highest BCUT2D eigenvalue weighted by Gasteiger charge is 2.31. The molecule has 0 N–H and O–H groups in total. The third-order valence-electron chi connectivity index (χ3n) is 5.68. The molecule has 192 valence electrons. The average Bonchev–Trinajstić information content (AvgIpc) is 3.12. The Kier molecular flexibility index (Phi) is 10.7. The van der Waals surface area contributed by atoms with Crippen molar-refractivity contribution in [2.75, 3.05) is 26.4 Å². The summed E-state index contributed by atoms with van der Waals surface area (Å²) in [7, 11) is 0. The van der Waals surface area contributed by atoms with Gasteiger partial charge in [-0.05, 0) is 60.7 Å². The van der Waals surface area contributed by atoms with Crippen molar-refractivity contribution < 1.29 is 19.0 Å². The van der Waals surface area contributed by atoms with E-state index in [-0.39, 0.29) is 5.91 Å². The molecule has 1 aliphatic heterocycles. The van der Waals surface area contributed by atoms with Crippen LogP contribution in [-0.4, -0.2) is 41.5 Å². The molecule has 1 aliphatic rings. The molecule has 36 heavy (non-hydrogen) atoms. The van der Waals surface area contributed by atoms with E-state index in [1.54, 1.807) is 18.2 Å². The highest BCUT2D eigenvalue weighted by atomic mass is 35.5. The largest absolute Gasteiger partial charge is 0.493 e. The first-order valence-electron chi connectivity index (χ1n) is 12.1. The van der Waals surface area contributed by atoms with Crippen LogP contribution in [0.5, 0.6) is 17.2 Å². The van der Waals surface area contributed by atoms with Crippen LogP contribution in [0.1, 0.15) is 50.7 Å². The van der Waals surface area contributed by atoms with Crippen molar-refractivity contribution in [2.45, 2.75) is 39.5 Å². The summed E-state index contributed by atoms with van der Waals surface area (Å²) >= 11 is 13.1. The zero-order valence-corrected chi connectivity index (χ0v) is 23.3. The number of carbonyl (C=O) groups excluding carboxylic acids is 1. The predicted octanol–water partition coefficient (Wildman–Crippen LogP) is 7.49. The monoisotopic (exact) mass is 545 g/mol. The first-order chi connectivity index (χ1) is 17.4. The topological polar surface area (TPSA) is 48.0 Å². The average molecular weight is 546 g/mol. The number of thiocarbonyl (C=S) groups is 1. The Hall–Kier alpha value is -2.48. The van der Waals surface area contributed by atoms with Crippen LogP contribution in [-0.2, 0) is 4.79 Å². The van der Waals surface area contributed by atoms with Crippen LogP contribution in [0.3, 0.4) is 0 Å². The summed E-state index contributed by atoms with van der Waals surface area (Å²) < 4.78 is 18.1. The number of hydrogen-bond donors (Lipinski definition) is 0. The van der Waals surface area contributed by atoms with E-state index in [1.807, 2.05) is 25.1 Å². The van der Waals surface area contributed by atoms with Gasteiger partial charge in [-0.25, -0.2) is 0 Å². The van der Waals surface area contributed by atoms with E-state index in [9.17, 15) is 4.79 Å². The van der Waals surface area contributed by atoms with Crippen LogP contribution in [0.4, 0.5) is 0 Å². The van der Waals surface area contributed by atoms with Crippen molar-refractivity contribution in [3.63, 3.8) is 0 Å². The number of benzene rings is 2. The molecule has 0 saturated carbocycles. The molecule has 2 aromatic carbocycles. The van der Waals surface area contributed by atoms with Crippen LogP contribution < -0.4 is 14.2 Å². The van der Waals surface area contributed by atoms with Crippen LogP contribution in [0.2, 0.25) is 5.02 Å². The molecule has 1 amide bonds. The predicted molar refractivity (Wildman–Crippen MR) is 153 cm³/mol.